The summed E-state index contributed by atoms with van der Waals surface area (Å²) < 4.78 is 2.38. The van der Waals surface area contributed by atoms with Gasteiger partial charge < -0.3 is 5.73 Å². The zero-order valence-electron chi connectivity index (χ0n) is 8.90. The predicted octanol–water partition coefficient (Wildman–Crippen LogP) is 2.15. The van der Waals surface area contributed by atoms with Gasteiger partial charge in [0.1, 0.15) is 0 Å². The lowest BCUT2D eigenvalue weighted by Gasteiger charge is -2.08. The summed E-state index contributed by atoms with van der Waals surface area (Å²) in [4.78, 5) is 16.3. The second-order valence-electron chi connectivity index (χ2n) is 3.59. The molecule has 1 heterocycles. The number of nitrogens with two attached hydrogens (primary N) is 1. The zero-order valence-corrected chi connectivity index (χ0v) is 10.5. The Bertz CT molecular complexity index is 592. The van der Waals surface area contributed by atoms with Gasteiger partial charge in [0.2, 0.25) is 5.95 Å². The maximum Gasteiger partial charge on any atom is 0.262 e. The molecule has 1 aromatic heterocycles. The predicted molar refractivity (Wildman–Crippen MR) is 68.4 cm³/mol. The molecule has 4 nitrogen and oxygen atoms in total. The quantitative estimate of drug-likeness (QED) is 0.918. The summed E-state index contributed by atoms with van der Waals surface area (Å²) in [7, 11) is 0. The molecule has 0 saturated carbocycles. The van der Waals surface area contributed by atoms with Gasteiger partial charge >= 0.3 is 0 Å². The topological polar surface area (TPSA) is 60.9 Å². The van der Waals surface area contributed by atoms with Crippen molar-refractivity contribution in [3.63, 3.8) is 0 Å². The molecule has 0 aliphatic carbocycles. The van der Waals surface area contributed by atoms with Crippen LogP contribution < -0.4 is 11.3 Å². The number of nitrogens with zero attached hydrogens (tertiary/aromatic N) is 2. The first kappa shape index (κ1) is 11.1. The van der Waals surface area contributed by atoms with E-state index in [2.05, 4.69) is 20.9 Å². The van der Waals surface area contributed by atoms with E-state index in [0.717, 1.165) is 10.9 Å². The monoisotopic (exact) mass is 281 g/mol. The van der Waals surface area contributed by atoms with Crippen LogP contribution in [0.25, 0.3) is 10.9 Å². The minimum Gasteiger partial charge on any atom is -0.369 e. The van der Waals surface area contributed by atoms with E-state index in [0.29, 0.717) is 17.4 Å². The van der Waals surface area contributed by atoms with E-state index in [4.69, 9.17) is 5.73 Å². The molecule has 0 radical (unpaired) electrons. The van der Waals surface area contributed by atoms with Crippen molar-refractivity contribution >= 4 is 32.8 Å². The van der Waals surface area contributed by atoms with Crippen LogP contribution in [-0.4, -0.2) is 9.55 Å². The van der Waals surface area contributed by atoms with Crippen LogP contribution in [0.4, 0.5) is 5.95 Å². The summed E-state index contributed by atoms with van der Waals surface area (Å²) in [6.07, 6.45) is 0.852. The lowest BCUT2D eigenvalue weighted by molar-refractivity contribution is 0.659. The van der Waals surface area contributed by atoms with Crippen LogP contribution in [0, 0.1) is 0 Å². The molecule has 84 valence electrons. The van der Waals surface area contributed by atoms with Crippen molar-refractivity contribution in [1.82, 2.24) is 9.55 Å². The fraction of sp³-hybridized carbons (Fsp3) is 0.273. The number of fused-ring (bicyclic) bond motifs is 1. The fourth-order valence-electron chi connectivity index (χ4n) is 1.65. The summed E-state index contributed by atoms with van der Waals surface area (Å²) >= 11 is 3.34. The summed E-state index contributed by atoms with van der Waals surface area (Å²) in [5.41, 5.74) is 6.31. The highest BCUT2D eigenvalue weighted by atomic mass is 79.9. The van der Waals surface area contributed by atoms with Crippen molar-refractivity contribution in [2.75, 3.05) is 5.73 Å². The Hall–Kier alpha value is -1.36. The Morgan fingerprint density at radius 2 is 2.25 bits per heavy atom. The fourth-order valence-corrected chi connectivity index (χ4v) is 2.01. The Morgan fingerprint density at radius 1 is 1.50 bits per heavy atom. The lowest BCUT2D eigenvalue weighted by Crippen LogP contribution is -2.24. The first-order chi connectivity index (χ1) is 7.63. The number of hydrogen-bond donors (Lipinski definition) is 1. The van der Waals surface area contributed by atoms with Crippen LogP contribution in [0.3, 0.4) is 0 Å². The standard InChI is InChI=1S/C11H12BrN3O/c1-2-5-15-10(16)8-6-7(12)3-4-9(8)14-11(15)13/h3-4,6H,2,5H2,1H3,(H2,13,14). The smallest absolute Gasteiger partial charge is 0.262 e. The molecule has 0 atom stereocenters. The van der Waals surface area contributed by atoms with Crippen LogP contribution in [0.15, 0.2) is 27.5 Å². The normalized spacial score (nSPS) is 10.9. The van der Waals surface area contributed by atoms with Gasteiger partial charge in [-0.25, -0.2) is 4.98 Å². The average molecular weight is 282 g/mol. The third-order valence-electron chi connectivity index (χ3n) is 2.39. The Balaban J connectivity index is 2.80. The SMILES string of the molecule is CCCn1c(N)nc2ccc(Br)cc2c1=O. The molecule has 0 bridgehead atoms. The molecule has 2 N–H and O–H groups in total. The van der Waals surface area contributed by atoms with Crippen molar-refractivity contribution in [1.29, 1.82) is 0 Å². The molecular weight excluding hydrogens is 270 g/mol. The molecule has 1 aromatic carbocycles. The van der Waals surface area contributed by atoms with E-state index < -0.39 is 0 Å². The van der Waals surface area contributed by atoms with Crippen LogP contribution in [-0.2, 0) is 6.54 Å². The van der Waals surface area contributed by atoms with Crippen molar-refractivity contribution in [2.24, 2.45) is 0 Å². The molecule has 0 unspecified atom stereocenters. The molecule has 0 aliphatic rings. The molecular formula is C11H12BrN3O. The first-order valence-electron chi connectivity index (χ1n) is 5.09. The highest BCUT2D eigenvalue weighted by molar-refractivity contribution is 9.10. The van der Waals surface area contributed by atoms with E-state index in [-0.39, 0.29) is 11.5 Å². The highest BCUT2D eigenvalue weighted by Gasteiger charge is 2.07. The maximum atomic E-state index is 12.1. The number of anilines is 1. The van der Waals surface area contributed by atoms with E-state index in [1.807, 2.05) is 13.0 Å². The number of nitrogen functional groups attached to an aromatic ring is 1. The summed E-state index contributed by atoms with van der Waals surface area (Å²) in [6.45, 7) is 2.59. The van der Waals surface area contributed by atoms with Gasteiger partial charge in [0.25, 0.3) is 5.56 Å². The van der Waals surface area contributed by atoms with Gasteiger partial charge in [-0.15, -0.1) is 0 Å². The Labute approximate surface area is 101 Å². The lowest BCUT2D eigenvalue weighted by atomic mass is 10.2. The highest BCUT2D eigenvalue weighted by Crippen LogP contribution is 2.16. The van der Waals surface area contributed by atoms with Gasteiger partial charge in [-0.2, -0.15) is 0 Å². The third-order valence-corrected chi connectivity index (χ3v) is 2.89. The van der Waals surface area contributed by atoms with E-state index in [1.165, 1.54) is 4.57 Å². The number of halogens is 1. The second-order valence-corrected chi connectivity index (χ2v) is 4.50. The van der Waals surface area contributed by atoms with E-state index in [1.54, 1.807) is 12.1 Å². The van der Waals surface area contributed by atoms with Crippen LogP contribution in [0.1, 0.15) is 13.3 Å². The number of hydrogen-bond acceptors (Lipinski definition) is 3. The van der Waals surface area contributed by atoms with Crippen LogP contribution >= 0.6 is 15.9 Å². The first-order valence-corrected chi connectivity index (χ1v) is 5.88. The minimum atomic E-state index is -0.0781. The van der Waals surface area contributed by atoms with Crippen molar-refractivity contribution < 1.29 is 0 Å². The molecule has 0 aliphatic heterocycles. The van der Waals surface area contributed by atoms with Gasteiger partial charge in [0.05, 0.1) is 10.9 Å². The largest absolute Gasteiger partial charge is 0.369 e. The number of aromatic nitrogens is 2. The second kappa shape index (κ2) is 4.25. The zero-order chi connectivity index (χ0) is 11.7. The number of rotatable bonds is 2. The molecule has 2 aromatic rings. The van der Waals surface area contributed by atoms with Crippen LogP contribution in [0.2, 0.25) is 0 Å². The summed E-state index contributed by atoms with van der Waals surface area (Å²) in [5.74, 6) is 0.279. The van der Waals surface area contributed by atoms with Gasteiger partial charge in [0, 0.05) is 11.0 Å². The van der Waals surface area contributed by atoms with Crippen molar-refractivity contribution in [3.8, 4) is 0 Å². The van der Waals surface area contributed by atoms with Gasteiger partial charge in [0.15, 0.2) is 0 Å². The minimum absolute atomic E-state index is 0.0781. The molecule has 0 saturated heterocycles. The average Bonchev–Trinajstić information content (AvgIpc) is 2.26. The van der Waals surface area contributed by atoms with Crippen molar-refractivity contribution in [3.05, 3.63) is 33.0 Å². The maximum absolute atomic E-state index is 12.1. The molecule has 0 spiro atoms. The van der Waals surface area contributed by atoms with Gasteiger partial charge in [-0.1, -0.05) is 22.9 Å². The molecule has 2 rings (SSSR count). The summed E-state index contributed by atoms with van der Waals surface area (Å²) in [6, 6.07) is 5.40. The summed E-state index contributed by atoms with van der Waals surface area (Å²) in [5, 5.41) is 0.594. The Kier molecular flexibility index (Phi) is 2.96. The molecule has 0 fully saturated rings. The van der Waals surface area contributed by atoms with Gasteiger partial charge in [-0.3, -0.25) is 9.36 Å². The van der Waals surface area contributed by atoms with Crippen LogP contribution in [0.5, 0.6) is 0 Å². The van der Waals surface area contributed by atoms with Gasteiger partial charge in [-0.05, 0) is 24.6 Å². The number of benzene rings is 1. The van der Waals surface area contributed by atoms with E-state index >= 15 is 0 Å². The molecule has 0 amide bonds. The third kappa shape index (κ3) is 1.82. The van der Waals surface area contributed by atoms with E-state index in [9.17, 15) is 4.79 Å². The molecule has 16 heavy (non-hydrogen) atoms. The molecule has 5 heteroatoms. The van der Waals surface area contributed by atoms with Crippen molar-refractivity contribution in [2.45, 2.75) is 19.9 Å². The Morgan fingerprint density at radius 3 is 2.94 bits per heavy atom.